The van der Waals surface area contributed by atoms with Crippen molar-refractivity contribution in [3.8, 4) is 0 Å². The minimum Gasteiger partial charge on any atom is -0.444 e. The molecule has 1 aromatic rings. The molecule has 116 valence electrons. The standard InChI is InChI=1S/C15H23N3O3/c1-15(2,3)21-14(20)18-6-5-13(19)12(10-18)7-11-8-16-17(4)9-11/h8-9,12H,5-7,10H2,1-4H3. The Morgan fingerprint density at radius 3 is 2.76 bits per heavy atom. The number of aromatic nitrogens is 2. The van der Waals surface area contributed by atoms with E-state index in [4.69, 9.17) is 4.74 Å². The van der Waals surface area contributed by atoms with Crippen LogP contribution in [0.2, 0.25) is 0 Å². The van der Waals surface area contributed by atoms with E-state index in [9.17, 15) is 9.59 Å². The highest BCUT2D eigenvalue weighted by Crippen LogP contribution is 2.20. The van der Waals surface area contributed by atoms with Gasteiger partial charge in [-0.15, -0.1) is 0 Å². The summed E-state index contributed by atoms with van der Waals surface area (Å²) in [5.41, 5.74) is 0.499. The molecule has 1 fully saturated rings. The highest BCUT2D eigenvalue weighted by atomic mass is 16.6. The van der Waals surface area contributed by atoms with Gasteiger partial charge in [0.25, 0.3) is 0 Å². The van der Waals surface area contributed by atoms with E-state index in [1.807, 2.05) is 34.0 Å². The molecule has 1 amide bonds. The van der Waals surface area contributed by atoms with Gasteiger partial charge in [-0.3, -0.25) is 9.48 Å². The summed E-state index contributed by atoms with van der Waals surface area (Å²) >= 11 is 0. The molecule has 0 aromatic carbocycles. The smallest absolute Gasteiger partial charge is 0.410 e. The average Bonchev–Trinajstić information content (AvgIpc) is 2.75. The van der Waals surface area contributed by atoms with Gasteiger partial charge in [-0.25, -0.2) is 4.79 Å². The first-order chi connectivity index (χ1) is 9.74. The zero-order valence-electron chi connectivity index (χ0n) is 13.1. The van der Waals surface area contributed by atoms with Gasteiger partial charge in [0.1, 0.15) is 11.4 Å². The lowest BCUT2D eigenvalue weighted by atomic mass is 9.91. The van der Waals surface area contributed by atoms with Crippen LogP contribution in [0.15, 0.2) is 12.4 Å². The molecule has 1 aliphatic heterocycles. The largest absolute Gasteiger partial charge is 0.444 e. The van der Waals surface area contributed by atoms with Gasteiger partial charge in [-0.05, 0) is 32.8 Å². The fourth-order valence-electron chi connectivity index (χ4n) is 2.44. The number of amides is 1. The van der Waals surface area contributed by atoms with Gasteiger partial charge >= 0.3 is 6.09 Å². The van der Waals surface area contributed by atoms with Gasteiger partial charge in [0.05, 0.1) is 6.20 Å². The second-order valence-corrected chi connectivity index (χ2v) is 6.57. The van der Waals surface area contributed by atoms with Crippen molar-refractivity contribution in [1.82, 2.24) is 14.7 Å². The molecular weight excluding hydrogens is 270 g/mol. The fraction of sp³-hybridized carbons (Fsp3) is 0.667. The number of Topliss-reactive ketones (excluding diaryl/α,β-unsaturated/α-hetero) is 1. The maximum absolute atomic E-state index is 12.1. The molecule has 6 heteroatoms. The van der Waals surface area contributed by atoms with Crippen molar-refractivity contribution in [1.29, 1.82) is 0 Å². The third kappa shape index (κ3) is 4.31. The van der Waals surface area contributed by atoms with E-state index in [1.165, 1.54) is 0 Å². The summed E-state index contributed by atoms with van der Waals surface area (Å²) in [6, 6.07) is 0. The van der Waals surface area contributed by atoms with Crippen molar-refractivity contribution in [3.63, 3.8) is 0 Å². The molecule has 1 unspecified atom stereocenters. The first kappa shape index (κ1) is 15.5. The van der Waals surface area contributed by atoms with Gasteiger partial charge in [0, 0.05) is 38.7 Å². The third-order valence-electron chi connectivity index (χ3n) is 3.42. The van der Waals surface area contributed by atoms with E-state index in [0.29, 0.717) is 25.9 Å². The molecule has 0 N–H and O–H groups in total. The Morgan fingerprint density at radius 2 is 2.19 bits per heavy atom. The Labute approximate surface area is 125 Å². The molecule has 0 spiro atoms. The van der Waals surface area contributed by atoms with Crippen molar-refractivity contribution in [2.75, 3.05) is 13.1 Å². The predicted molar refractivity (Wildman–Crippen MR) is 77.8 cm³/mol. The summed E-state index contributed by atoms with van der Waals surface area (Å²) in [5.74, 6) is 0.0362. The highest BCUT2D eigenvalue weighted by Gasteiger charge is 2.32. The van der Waals surface area contributed by atoms with Crippen LogP contribution in [0.3, 0.4) is 0 Å². The van der Waals surface area contributed by atoms with Crippen LogP contribution in [-0.2, 0) is 23.0 Å². The van der Waals surface area contributed by atoms with Gasteiger partial charge in [-0.1, -0.05) is 0 Å². The maximum Gasteiger partial charge on any atom is 0.410 e. The Bertz CT molecular complexity index is 531. The molecule has 1 atom stereocenters. The van der Waals surface area contributed by atoms with Crippen molar-refractivity contribution in [3.05, 3.63) is 18.0 Å². The van der Waals surface area contributed by atoms with Crippen molar-refractivity contribution >= 4 is 11.9 Å². The summed E-state index contributed by atoms with van der Waals surface area (Å²) in [6.45, 7) is 6.38. The van der Waals surface area contributed by atoms with Crippen LogP contribution in [0.4, 0.5) is 4.79 Å². The number of piperidine rings is 1. The number of ether oxygens (including phenoxy) is 1. The number of ketones is 1. The van der Waals surface area contributed by atoms with Crippen LogP contribution in [0.1, 0.15) is 32.8 Å². The van der Waals surface area contributed by atoms with Crippen LogP contribution < -0.4 is 0 Å². The van der Waals surface area contributed by atoms with Gasteiger partial charge < -0.3 is 9.64 Å². The lowest BCUT2D eigenvalue weighted by Crippen LogP contribution is -2.46. The van der Waals surface area contributed by atoms with Crippen LogP contribution in [-0.4, -0.2) is 45.2 Å². The minimum absolute atomic E-state index is 0.171. The van der Waals surface area contributed by atoms with Crippen molar-refractivity contribution < 1.29 is 14.3 Å². The zero-order valence-corrected chi connectivity index (χ0v) is 13.1. The van der Waals surface area contributed by atoms with Crippen LogP contribution in [0, 0.1) is 5.92 Å². The number of hydrogen-bond acceptors (Lipinski definition) is 4. The van der Waals surface area contributed by atoms with Crippen molar-refractivity contribution in [2.45, 2.75) is 39.2 Å². The highest BCUT2D eigenvalue weighted by molar-refractivity contribution is 5.84. The van der Waals surface area contributed by atoms with Gasteiger partial charge in [-0.2, -0.15) is 5.10 Å². The number of carbonyl (C=O) groups is 2. The molecule has 21 heavy (non-hydrogen) atoms. The third-order valence-corrected chi connectivity index (χ3v) is 3.42. The Hall–Kier alpha value is -1.85. The molecule has 2 rings (SSSR count). The molecule has 1 aromatic heterocycles. The average molecular weight is 293 g/mol. The summed E-state index contributed by atoms with van der Waals surface area (Å²) < 4.78 is 7.09. The molecule has 0 saturated carbocycles. The molecule has 0 aliphatic carbocycles. The first-order valence-corrected chi connectivity index (χ1v) is 7.23. The molecule has 2 heterocycles. The summed E-state index contributed by atoms with van der Waals surface area (Å²) in [5, 5.41) is 4.11. The van der Waals surface area contributed by atoms with Crippen LogP contribution >= 0.6 is 0 Å². The summed E-state index contributed by atoms with van der Waals surface area (Å²) in [4.78, 5) is 25.8. The monoisotopic (exact) mass is 293 g/mol. The van der Waals surface area contributed by atoms with E-state index in [0.717, 1.165) is 5.56 Å². The second kappa shape index (κ2) is 5.87. The van der Waals surface area contributed by atoms with Crippen molar-refractivity contribution in [2.24, 2.45) is 13.0 Å². The lowest BCUT2D eigenvalue weighted by Gasteiger charge is -2.33. The topological polar surface area (TPSA) is 64.4 Å². The normalized spacial score (nSPS) is 19.7. The number of carbonyl (C=O) groups excluding carboxylic acids is 2. The Kier molecular flexibility index (Phi) is 4.34. The van der Waals surface area contributed by atoms with Gasteiger partial charge in [0.2, 0.25) is 0 Å². The number of hydrogen-bond donors (Lipinski definition) is 0. The quantitative estimate of drug-likeness (QED) is 0.834. The summed E-state index contributed by atoms with van der Waals surface area (Å²) in [7, 11) is 1.85. The summed E-state index contributed by atoms with van der Waals surface area (Å²) in [6.07, 6.45) is 4.33. The number of likely N-dealkylation sites (tertiary alicyclic amines) is 1. The molecule has 6 nitrogen and oxygen atoms in total. The maximum atomic E-state index is 12.1. The second-order valence-electron chi connectivity index (χ2n) is 6.57. The van der Waals surface area contributed by atoms with E-state index < -0.39 is 5.60 Å². The van der Waals surface area contributed by atoms with E-state index in [-0.39, 0.29) is 17.8 Å². The minimum atomic E-state index is -0.516. The molecule has 0 bridgehead atoms. The van der Waals surface area contributed by atoms with E-state index in [1.54, 1.807) is 15.8 Å². The van der Waals surface area contributed by atoms with Crippen LogP contribution in [0.5, 0.6) is 0 Å². The molecule has 0 radical (unpaired) electrons. The zero-order chi connectivity index (χ0) is 15.6. The first-order valence-electron chi connectivity index (χ1n) is 7.23. The Morgan fingerprint density at radius 1 is 1.48 bits per heavy atom. The molecule has 1 saturated heterocycles. The van der Waals surface area contributed by atoms with Gasteiger partial charge in [0.15, 0.2) is 0 Å². The van der Waals surface area contributed by atoms with E-state index >= 15 is 0 Å². The molecule has 1 aliphatic rings. The number of aryl methyl sites for hydroxylation is 1. The number of rotatable bonds is 2. The number of nitrogens with zero attached hydrogens (tertiary/aromatic N) is 3. The predicted octanol–water partition coefficient (Wildman–Crippen LogP) is 1.79. The Balaban J connectivity index is 1.99. The molecular formula is C15H23N3O3. The van der Waals surface area contributed by atoms with E-state index in [2.05, 4.69) is 5.10 Å². The van der Waals surface area contributed by atoms with Crippen LogP contribution in [0.25, 0.3) is 0 Å². The SMILES string of the molecule is Cn1cc(CC2CN(C(=O)OC(C)(C)C)CCC2=O)cn1. The lowest BCUT2D eigenvalue weighted by molar-refractivity contribution is -0.125. The fourth-order valence-corrected chi connectivity index (χ4v) is 2.44.